The van der Waals surface area contributed by atoms with Crippen LogP contribution in [0.25, 0.3) is 22.7 Å². The number of carbonyl (C=O) groups is 3. The second kappa shape index (κ2) is 11.4. The lowest BCUT2D eigenvalue weighted by Crippen LogP contribution is -2.44. The van der Waals surface area contributed by atoms with Gasteiger partial charge in [-0.3, -0.25) is 14.9 Å². The molecule has 3 N–H and O–H groups in total. The zero-order chi connectivity index (χ0) is 30.1. The Labute approximate surface area is 248 Å². The molecule has 1 atom stereocenters. The summed E-state index contributed by atoms with van der Waals surface area (Å²) in [7, 11) is 0. The van der Waals surface area contributed by atoms with Gasteiger partial charge in [-0.15, -0.1) is 5.10 Å². The van der Waals surface area contributed by atoms with Crippen LogP contribution in [0.2, 0.25) is 5.02 Å². The maximum atomic E-state index is 13.9. The fourth-order valence-corrected chi connectivity index (χ4v) is 5.35. The molecule has 1 aliphatic heterocycles. The van der Waals surface area contributed by atoms with Crippen molar-refractivity contribution in [2.75, 3.05) is 17.2 Å². The molecule has 14 heteroatoms. The summed E-state index contributed by atoms with van der Waals surface area (Å²) in [5.41, 5.74) is 3.92. The van der Waals surface area contributed by atoms with E-state index < -0.39 is 23.9 Å². The first-order valence-corrected chi connectivity index (χ1v) is 13.5. The minimum absolute atomic E-state index is 0.113. The number of halogens is 1. The third kappa shape index (κ3) is 5.40. The van der Waals surface area contributed by atoms with Crippen molar-refractivity contribution in [3.8, 4) is 5.69 Å². The van der Waals surface area contributed by atoms with Gasteiger partial charge < -0.3 is 19.8 Å². The molecule has 0 radical (unpaired) electrons. The maximum absolute atomic E-state index is 13.9. The zero-order valence-corrected chi connectivity index (χ0v) is 23.3. The van der Waals surface area contributed by atoms with Crippen molar-refractivity contribution in [2.45, 2.75) is 19.4 Å². The van der Waals surface area contributed by atoms with E-state index in [1.807, 2.05) is 24.3 Å². The number of aryl methyl sites for hydroxylation is 1. The van der Waals surface area contributed by atoms with E-state index in [1.54, 1.807) is 43.3 Å². The van der Waals surface area contributed by atoms with Crippen LogP contribution in [0.4, 0.5) is 16.3 Å². The van der Waals surface area contributed by atoms with Crippen LogP contribution in [-0.2, 0) is 16.0 Å². The number of tetrazole rings is 1. The van der Waals surface area contributed by atoms with Crippen LogP contribution in [-0.4, -0.2) is 59.8 Å². The summed E-state index contributed by atoms with van der Waals surface area (Å²) >= 11 is 6.23. The number of hydrogen-bond donors (Lipinski definition) is 3. The predicted molar refractivity (Wildman–Crippen MR) is 157 cm³/mol. The highest BCUT2D eigenvalue weighted by molar-refractivity contribution is 6.30. The number of nitrogens with zero attached hydrogens (tertiary/aromatic N) is 6. The number of nitrogens with one attached hydrogen (secondary N) is 2. The lowest BCUT2D eigenvalue weighted by Gasteiger charge is -2.35. The highest BCUT2D eigenvalue weighted by Gasteiger charge is 2.36. The van der Waals surface area contributed by atoms with Crippen molar-refractivity contribution < 1.29 is 24.0 Å². The minimum atomic E-state index is -1.27. The Balaban J connectivity index is 1.33. The molecule has 3 aromatic carbocycles. The SMILES string of the molecule is Cc1ccc(NC(=O)O)c2onc(NC(=O)C3c4ccccc4CCN3C(=O)C=Cc3cc(Cl)ccc3-n3cnnn3)c12. The average Bonchev–Trinajstić information content (AvgIpc) is 3.68. The van der Waals surface area contributed by atoms with E-state index in [9.17, 15) is 19.5 Å². The van der Waals surface area contributed by atoms with Crippen LogP contribution in [0.1, 0.15) is 28.3 Å². The van der Waals surface area contributed by atoms with Gasteiger partial charge >= 0.3 is 6.09 Å². The van der Waals surface area contributed by atoms with E-state index in [1.165, 1.54) is 22.0 Å². The van der Waals surface area contributed by atoms with Gasteiger partial charge in [-0.1, -0.05) is 47.1 Å². The molecule has 1 aliphatic rings. The molecule has 2 aromatic heterocycles. The monoisotopic (exact) mass is 598 g/mol. The number of anilines is 2. The zero-order valence-electron chi connectivity index (χ0n) is 22.6. The molecule has 43 heavy (non-hydrogen) atoms. The van der Waals surface area contributed by atoms with Crippen LogP contribution < -0.4 is 10.6 Å². The molecule has 0 saturated carbocycles. The van der Waals surface area contributed by atoms with Crippen LogP contribution in [0, 0.1) is 6.92 Å². The van der Waals surface area contributed by atoms with Gasteiger partial charge in [-0.25, -0.2) is 4.79 Å². The minimum Gasteiger partial charge on any atom is -0.465 e. The smallest absolute Gasteiger partial charge is 0.409 e. The number of benzene rings is 3. The largest absolute Gasteiger partial charge is 0.465 e. The Morgan fingerprint density at radius 1 is 1.12 bits per heavy atom. The second-order valence-electron chi connectivity index (χ2n) is 9.76. The van der Waals surface area contributed by atoms with Crippen molar-refractivity contribution >= 4 is 58.1 Å². The Hall–Kier alpha value is -5.56. The van der Waals surface area contributed by atoms with E-state index in [0.717, 1.165) is 5.56 Å². The summed E-state index contributed by atoms with van der Waals surface area (Å²) in [6.45, 7) is 2.08. The fourth-order valence-electron chi connectivity index (χ4n) is 5.17. The molecule has 0 fully saturated rings. The molecular formula is C29H23ClN8O5. The van der Waals surface area contributed by atoms with E-state index in [2.05, 4.69) is 31.3 Å². The molecule has 13 nitrogen and oxygen atoms in total. The molecule has 3 amide bonds. The summed E-state index contributed by atoms with van der Waals surface area (Å²) < 4.78 is 6.88. The van der Waals surface area contributed by atoms with Gasteiger partial charge in [0.1, 0.15) is 12.4 Å². The summed E-state index contributed by atoms with van der Waals surface area (Å²) in [6.07, 6.45) is 3.71. The van der Waals surface area contributed by atoms with Gasteiger partial charge in [0.25, 0.3) is 5.91 Å². The third-order valence-corrected chi connectivity index (χ3v) is 7.36. The van der Waals surface area contributed by atoms with Gasteiger partial charge in [0, 0.05) is 23.2 Å². The molecule has 0 aliphatic carbocycles. The highest BCUT2D eigenvalue weighted by atomic mass is 35.5. The number of aromatic nitrogens is 5. The molecule has 0 saturated heterocycles. The second-order valence-corrected chi connectivity index (χ2v) is 10.2. The van der Waals surface area contributed by atoms with E-state index in [0.29, 0.717) is 45.8 Å². The highest BCUT2D eigenvalue weighted by Crippen LogP contribution is 2.35. The Kier molecular flexibility index (Phi) is 7.30. The molecular weight excluding hydrogens is 576 g/mol. The standard InChI is InChI=1S/C29H23ClN8O5/c1-16-6-9-21(32-29(41)42)26-24(16)27(34-43-26)33-28(40)25-20-5-3-2-4-17(20)12-13-37(25)23(39)11-7-18-14-19(30)8-10-22(18)38-15-31-35-36-38/h2-11,14-15,25,32H,12-13H2,1H3,(H,41,42)(H,33,34,40). The summed E-state index contributed by atoms with van der Waals surface area (Å²) in [5, 5.41) is 30.4. The first kappa shape index (κ1) is 27.6. The van der Waals surface area contributed by atoms with Crippen molar-refractivity contribution in [1.29, 1.82) is 0 Å². The normalized spacial score (nSPS) is 14.6. The van der Waals surface area contributed by atoms with Crippen molar-refractivity contribution in [3.63, 3.8) is 0 Å². The maximum Gasteiger partial charge on any atom is 0.409 e. The fraction of sp³-hybridized carbons (Fsp3) is 0.138. The molecule has 0 bridgehead atoms. The Morgan fingerprint density at radius 3 is 2.74 bits per heavy atom. The van der Waals surface area contributed by atoms with E-state index >= 15 is 0 Å². The number of hydrogen-bond acceptors (Lipinski definition) is 8. The van der Waals surface area contributed by atoms with Gasteiger partial charge in [-0.2, -0.15) is 4.68 Å². The summed E-state index contributed by atoms with van der Waals surface area (Å²) in [4.78, 5) is 40.3. The topological polar surface area (TPSA) is 168 Å². The number of carboxylic acid groups (broad SMARTS) is 1. The van der Waals surface area contributed by atoms with Gasteiger partial charge in [0.15, 0.2) is 11.4 Å². The third-order valence-electron chi connectivity index (χ3n) is 7.12. The van der Waals surface area contributed by atoms with Gasteiger partial charge in [0.05, 0.1) is 16.8 Å². The number of carbonyl (C=O) groups excluding carboxylic acids is 2. The van der Waals surface area contributed by atoms with Gasteiger partial charge in [0.2, 0.25) is 5.91 Å². The average molecular weight is 599 g/mol. The first-order chi connectivity index (χ1) is 20.8. The Morgan fingerprint density at radius 2 is 1.95 bits per heavy atom. The van der Waals surface area contributed by atoms with Crippen LogP contribution in [0.5, 0.6) is 0 Å². The van der Waals surface area contributed by atoms with Crippen LogP contribution >= 0.6 is 11.6 Å². The van der Waals surface area contributed by atoms with E-state index in [-0.39, 0.29) is 17.1 Å². The first-order valence-electron chi connectivity index (χ1n) is 13.1. The lowest BCUT2D eigenvalue weighted by molar-refractivity contribution is -0.135. The van der Waals surface area contributed by atoms with Crippen molar-refractivity contribution in [3.05, 3.63) is 94.3 Å². The van der Waals surface area contributed by atoms with Crippen LogP contribution in [0.3, 0.4) is 0 Å². The van der Waals surface area contributed by atoms with Gasteiger partial charge in [-0.05, 0) is 70.8 Å². The van der Waals surface area contributed by atoms with Crippen molar-refractivity contribution in [2.24, 2.45) is 0 Å². The predicted octanol–water partition coefficient (Wildman–Crippen LogP) is 4.63. The number of amides is 3. The van der Waals surface area contributed by atoms with E-state index in [4.69, 9.17) is 16.1 Å². The van der Waals surface area contributed by atoms with Crippen molar-refractivity contribution in [1.82, 2.24) is 30.3 Å². The Bertz CT molecular complexity index is 1900. The molecule has 6 rings (SSSR count). The summed E-state index contributed by atoms with van der Waals surface area (Å²) in [6, 6.07) is 14.8. The lowest BCUT2D eigenvalue weighted by atomic mass is 9.91. The molecule has 1 unspecified atom stereocenters. The molecule has 5 aromatic rings. The molecule has 3 heterocycles. The number of fused-ring (bicyclic) bond motifs is 2. The summed E-state index contributed by atoms with van der Waals surface area (Å²) in [5.74, 6) is -0.786. The van der Waals surface area contributed by atoms with Crippen LogP contribution in [0.15, 0.2) is 71.5 Å². The quantitative estimate of drug-likeness (QED) is 0.236. The molecule has 216 valence electrons. The number of rotatable bonds is 6. The molecule has 0 spiro atoms.